The van der Waals surface area contributed by atoms with E-state index in [1.54, 1.807) is 12.1 Å². The first-order valence-electron chi connectivity index (χ1n) is 8.64. The lowest BCUT2D eigenvalue weighted by molar-refractivity contribution is -0.917. The first-order chi connectivity index (χ1) is 12.9. The molecule has 1 saturated heterocycles. The molecule has 27 heavy (non-hydrogen) atoms. The van der Waals surface area contributed by atoms with Gasteiger partial charge in [0, 0.05) is 6.07 Å². The summed E-state index contributed by atoms with van der Waals surface area (Å²) < 4.78 is 50.7. The maximum Gasteiger partial charge on any atom is 0.243 e. The summed E-state index contributed by atoms with van der Waals surface area (Å²) in [7, 11) is -3.70. The molecular formula is C18H20FN2O5S+. The van der Waals surface area contributed by atoms with Crippen molar-refractivity contribution in [3.8, 4) is 17.2 Å². The van der Waals surface area contributed by atoms with Gasteiger partial charge in [0.05, 0.1) is 36.6 Å². The van der Waals surface area contributed by atoms with Crippen molar-refractivity contribution in [3.05, 3.63) is 47.8 Å². The van der Waals surface area contributed by atoms with Crippen molar-refractivity contribution in [2.75, 3.05) is 33.0 Å². The fraction of sp³-hybridized carbons (Fsp3) is 0.333. The van der Waals surface area contributed by atoms with Gasteiger partial charge in [-0.05, 0) is 24.3 Å². The molecule has 2 aliphatic rings. The summed E-state index contributed by atoms with van der Waals surface area (Å²) in [6.07, 6.45) is 0. The second kappa shape index (κ2) is 6.99. The van der Waals surface area contributed by atoms with Crippen molar-refractivity contribution in [3.63, 3.8) is 0 Å². The fourth-order valence-corrected chi connectivity index (χ4v) is 4.85. The van der Waals surface area contributed by atoms with Gasteiger partial charge in [-0.15, -0.1) is 0 Å². The largest absolute Gasteiger partial charge is 0.507 e. The number of aromatic hydroxyl groups is 1. The summed E-state index contributed by atoms with van der Waals surface area (Å²) in [5, 5.41) is 10.2. The quantitative estimate of drug-likeness (QED) is 0.781. The lowest BCUT2D eigenvalue weighted by Crippen LogP contribution is -3.13. The zero-order chi connectivity index (χ0) is 19.0. The van der Waals surface area contributed by atoms with E-state index < -0.39 is 15.8 Å². The molecule has 2 N–H and O–H groups in total. The fourth-order valence-electron chi connectivity index (χ4n) is 3.38. The summed E-state index contributed by atoms with van der Waals surface area (Å²) in [4.78, 5) is 1.12. The summed E-state index contributed by atoms with van der Waals surface area (Å²) in [5.74, 6) is 0.701. The Morgan fingerprint density at radius 1 is 1.11 bits per heavy atom. The van der Waals surface area contributed by atoms with Gasteiger partial charge in [0.25, 0.3) is 0 Å². The molecule has 2 aromatic carbocycles. The number of piperazine rings is 1. The predicted octanol–water partition coefficient (Wildman–Crippen LogP) is 0.349. The molecule has 0 spiro atoms. The Bertz CT molecular complexity index is 958. The van der Waals surface area contributed by atoms with Crippen molar-refractivity contribution >= 4 is 10.0 Å². The molecular weight excluding hydrogens is 375 g/mol. The second-order valence-electron chi connectivity index (χ2n) is 6.62. The molecule has 2 aliphatic heterocycles. The molecule has 7 nitrogen and oxygen atoms in total. The highest BCUT2D eigenvalue weighted by molar-refractivity contribution is 7.89. The van der Waals surface area contributed by atoms with Gasteiger partial charge in [0.2, 0.25) is 16.8 Å². The van der Waals surface area contributed by atoms with Crippen LogP contribution in [0, 0.1) is 5.82 Å². The number of phenols is 1. The van der Waals surface area contributed by atoms with Crippen LogP contribution in [0.25, 0.3) is 0 Å². The number of nitrogens with zero attached hydrogens (tertiary/aromatic N) is 1. The maximum absolute atomic E-state index is 13.4. The number of benzene rings is 2. The van der Waals surface area contributed by atoms with Gasteiger partial charge < -0.3 is 19.5 Å². The van der Waals surface area contributed by atoms with Gasteiger partial charge in [-0.1, -0.05) is 6.07 Å². The van der Waals surface area contributed by atoms with E-state index >= 15 is 0 Å². The SMILES string of the molecule is O=S(=O)(c1cccc(F)c1)N1CC[NH+](Cc2cc3c(cc2O)OCO3)CC1. The van der Waals surface area contributed by atoms with Gasteiger partial charge in [-0.25, -0.2) is 12.8 Å². The molecule has 2 heterocycles. The Morgan fingerprint density at radius 2 is 1.81 bits per heavy atom. The van der Waals surface area contributed by atoms with Crippen molar-refractivity contribution < 1.29 is 32.3 Å². The van der Waals surface area contributed by atoms with Crippen molar-refractivity contribution in [2.45, 2.75) is 11.4 Å². The van der Waals surface area contributed by atoms with E-state index in [4.69, 9.17) is 9.47 Å². The molecule has 0 unspecified atom stereocenters. The number of hydrogen-bond acceptors (Lipinski definition) is 5. The molecule has 0 bridgehead atoms. The molecule has 0 radical (unpaired) electrons. The number of hydrogen-bond donors (Lipinski definition) is 2. The van der Waals surface area contributed by atoms with Crippen LogP contribution in [0.5, 0.6) is 17.2 Å². The molecule has 0 aliphatic carbocycles. The van der Waals surface area contributed by atoms with Crippen LogP contribution in [0.1, 0.15) is 5.56 Å². The van der Waals surface area contributed by atoms with Gasteiger partial charge in [-0.2, -0.15) is 4.31 Å². The molecule has 0 atom stereocenters. The van der Waals surface area contributed by atoms with E-state index in [1.165, 1.54) is 22.5 Å². The van der Waals surface area contributed by atoms with Gasteiger partial charge in [0.1, 0.15) is 18.1 Å². The molecule has 9 heteroatoms. The van der Waals surface area contributed by atoms with Crippen LogP contribution >= 0.6 is 0 Å². The smallest absolute Gasteiger partial charge is 0.243 e. The van der Waals surface area contributed by atoms with Crippen LogP contribution < -0.4 is 14.4 Å². The first kappa shape index (κ1) is 18.0. The van der Waals surface area contributed by atoms with Crippen molar-refractivity contribution in [1.29, 1.82) is 0 Å². The normalized spacial score (nSPS) is 18.0. The number of sulfonamides is 1. The minimum atomic E-state index is -3.70. The third-order valence-electron chi connectivity index (χ3n) is 4.88. The Morgan fingerprint density at radius 3 is 2.52 bits per heavy atom. The number of halogens is 1. The first-order valence-corrected chi connectivity index (χ1v) is 10.1. The van der Waals surface area contributed by atoms with Gasteiger partial charge in [-0.3, -0.25) is 0 Å². The number of fused-ring (bicyclic) bond motifs is 1. The topological polar surface area (TPSA) is 80.5 Å². The molecule has 1 fully saturated rings. The minimum absolute atomic E-state index is 0.0284. The van der Waals surface area contributed by atoms with E-state index in [1.807, 2.05) is 0 Å². The number of ether oxygens (including phenoxy) is 2. The minimum Gasteiger partial charge on any atom is -0.507 e. The number of nitrogens with one attached hydrogen (secondary N) is 1. The molecule has 0 saturated carbocycles. The Labute approximate surface area is 156 Å². The molecule has 2 aromatic rings. The van der Waals surface area contributed by atoms with Crippen LogP contribution in [0.4, 0.5) is 4.39 Å². The Hall–Kier alpha value is -2.36. The van der Waals surface area contributed by atoms with Crippen LogP contribution in [0.15, 0.2) is 41.3 Å². The molecule has 0 amide bonds. The predicted molar refractivity (Wildman–Crippen MR) is 93.8 cm³/mol. The highest BCUT2D eigenvalue weighted by Crippen LogP contribution is 2.37. The maximum atomic E-state index is 13.4. The highest BCUT2D eigenvalue weighted by atomic mass is 32.2. The van der Waals surface area contributed by atoms with Gasteiger partial charge >= 0.3 is 0 Å². The Balaban J connectivity index is 1.42. The molecule has 144 valence electrons. The number of quaternary nitrogens is 1. The zero-order valence-electron chi connectivity index (χ0n) is 14.5. The molecule has 0 aromatic heterocycles. The van der Waals surface area contributed by atoms with E-state index in [-0.39, 0.29) is 17.4 Å². The van der Waals surface area contributed by atoms with Crippen molar-refractivity contribution in [2.24, 2.45) is 0 Å². The monoisotopic (exact) mass is 395 g/mol. The average Bonchev–Trinajstić information content (AvgIpc) is 3.09. The standard InChI is InChI=1S/C18H19FN2O5S/c19-14-2-1-3-15(9-14)27(23,24)21-6-4-20(5-7-21)11-13-8-17-18(10-16(13)22)26-12-25-17/h1-3,8-10,22H,4-7,11-12H2/p+1. The zero-order valence-corrected chi connectivity index (χ0v) is 15.3. The van der Waals surface area contributed by atoms with Gasteiger partial charge in [0.15, 0.2) is 11.5 Å². The number of rotatable bonds is 4. The van der Waals surface area contributed by atoms with Crippen LogP contribution in [-0.4, -0.2) is 50.8 Å². The lowest BCUT2D eigenvalue weighted by atomic mass is 10.1. The van der Waals surface area contributed by atoms with Crippen LogP contribution in [0.3, 0.4) is 0 Å². The van der Waals surface area contributed by atoms with Crippen molar-refractivity contribution in [1.82, 2.24) is 4.31 Å². The molecule has 4 rings (SSSR count). The summed E-state index contributed by atoms with van der Waals surface area (Å²) in [6, 6.07) is 8.37. The Kier molecular flexibility index (Phi) is 4.67. The van der Waals surface area contributed by atoms with Crippen LogP contribution in [0.2, 0.25) is 0 Å². The van der Waals surface area contributed by atoms with E-state index in [0.717, 1.165) is 16.5 Å². The van der Waals surface area contributed by atoms with E-state index in [9.17, 15) is 17.9 Å². The van der Waals surface area contributed by atoms with E-state index in [2.05, 4.69) is 0 Å². The summed E-state index contributed by atoms with van der Waals surface area (Å²) in [5.41, 5.74) is 0.732. The summed E-state index contributed by atoms with van der Waals surface area (Å²) >= 11 is 0. The third kappa shape index (κ3) is 3.58. The van der Waals surface area contributed by atoms with E-state index in [0.29, 0.717) is 44.2 Å². The average molecular weight is 395 g/mol. The number of phenolic OH excluding ortho intramolecular Hbond substituents is 1. The third-order valence-corrected chi connectivity index (χ3v) is 6.77. The highest BCUT2D eigenvalue weighted by Gasteiger charge is 2.31. The van der Waals surface area contributed by atoms with Crippen LogP contribution in [-0.2, 0) is 16.6 Å². The lowest BCUT2D eigenvalue weighted by Gasteiger charge is -2.31. The summed E-state index contributed by atoms with van der Waals surface area (Å²) in [6.45, 7) is 2.53. The second-order valence-corrected chi connectivity index (χ2v) is 8.56.